The van der Waals surface area contributed by atoms with E-state index in [1.54, 1.807) is 0 Å². The van der Waals surface area contributed by atoms with Gasteiger partial charge in [-0.15, -0.1) is 0 Å². The summed E-state index contributed by atoms with van der Waals surface area (Å²) >= 11 is 0. The number of carbonyl (C=O) groups excluding carboxylic acids is 1. The Bertz CT molecular complexity index is 432. The summed E-state index contributed by atoms with van der Waals surface area (Å²) in [6.07, 6.45) is 0.475. The maximum absolute atomic E-state index is 12.2. The normalized spacial score (nSPS) is 11.9. The molecule has 19 heavy (non-hydrogen) atoms. The zero-order valence-corrected chi connectivity index (χ0v) is 12.7. The summed E-state index contributed by atoms with van der Waals surface area (Å²) in [7, 11) is 1.94. The lowest BCUT2D eigenvalue weighted by Crippen LogP contribution is -2.45. The third-order valence-corrected chi connectivity index (χ3v) is 3.64. The van der Waals surface area contributed by atoms with Crippen LogP contribution >= 0.6 is 0 Å². The molecule has 0 unspecified atom stereocenters. The molecule has 0 aliphatic rings. The lowest BCUT2D eigenvalue weighted by molar-refractivity contribution is 0.0725. The van der Waals surface area contributed by atoms with E-state index in [9.17, 15) is 9.90 Å². The molecule has 0 aliphatic heterocycles. The molecule has 0 aliphatic carbocycles. The van der Waals surface area contributed by atoms with Crippen LogP contribution in [0.3, 0.4) is 0 Å². The van der Waals surface area contributed by atoms with Gasteiger partial charge in [0.05, 0.1) is 6.61 Å². The van der Waals surface area contributed by atoms with E-state index in [0.717, 1.165) is 16.7 Å². The summed E-state index contributed by atoms with van der Waals surface area (Å²) < 4.78 is 0. The molecule has 0 spiro atoms. The van der Waals surface area contributed by atoms with Crippen LogP contribution in [0.5, 0.6) is 0 Å². The molecule has 0 heterocycles. The fourth-order valence-corrected chi connectivity index (χ4v) is 1.97. The zero-order valence-electron chi connectivity index (χ0n) is 12.7. The maximum atomic E-state index is 12.2. The van der Waals surface area contributed by atoms with E-state index in [2.05, 4.69) is 6.07 Å². The van der Waals surface area contributed by atoms with Gasteiger partial charge in [-0.25, -0.2) is 0 Å². The fourth-order valence-electron chi connectivity index (χ4n) is 1.97. The Morgan fingerprint density at radius 1 is 1.21 bits per heavy atom. The van der Waals surface area contributed by atoms with E-state index < -0.39 is 0 Å². The Labute approximate surface area is 116 Å². The first kappa shape index (κ1) is 15.9. The van der Waals surface area contributed by atoms with Gasteiger partial charge in [-0.3, -0.25) is 9.69 Å². The number of carbonyl (C=O) groups is 1. The van der Waals surface area contributed by atoms with Crippen LogP contribution in [0.25, 0.3) is 0 Å². The van der Waals surface area contributed by atoms with Crippen molar-refractivity contribution in [2.45, 2.75) is 39.7 Å². The fraction of sp³-hybridized carbons (Fsp3) is 0.562. The molecule has 0 saturated carbocycles. The summed E-state index contributed by atoms with van der Waals surface area (Å²) in [5.41, 5.74) is 2.73. The largest absolute Gasteiger partial charge is 0.394 e. The van der Waals surface area contributed by atoms with Gasteiger partial charge in [0, 0.05) is 24.1 Å². The molecule has 1 aromatic carbocycles. The number of hydrogen-bond acceptors (Lipinski definition) is 3. The van der Waals surface area contributed by atoms with E-state index in [4.69, 9.17) is 0 Å². The molecule has 106 valence electrons. The molecule has 0 aromatic heterocycles. The lowest BCUT2D eigenvalue weighted by Gasteiger charge is -2.33. The molecule has 0 amide bonds. The molecule has 0 radical (unpaired) electrons. The van der Waals surface area contributed by atoms with Gasteiger partial charge in [0.25, 0.3) is 0 Å². The summed E-state index contributed by atoms with van der Waals surface area (Å²) in [6, 6.07) is 5.94. The van der Waals surface area contributed by atoms with E-state index >= 15 is 0 Å². The minimum absolute atomic E-state index is 0.0846. The second kappa shape index (κ2) is 6.31. The molecule has 3 nitrogen and oxygen atoms in total. The first-order chi connectivity index (χ1) is 8.76. The Kier molecular flexibility index (Phi) is 5.27. The first-order valence-corrected chi connectivity index (χ1v) is 6.70. The van der Waals surface area contributed by atoms with E-state index in [1.807, 2.05) is 51.8 Å². The molecular weight excluding hydrogens is 238 g/mol. The highest BCUT2D eigenvalue weighted by Crippen LogP contribution is 2.14. The van der Waals surface area contributed by atoms with Gasteiger partial charge in [-0.2, -0.15) is 0 Å². The molecule has 0 atom stereocenters. The molecule has 0 fully saturated rings. The van der Waals surface area contributed by atoms with E-state index in [1.165, 1.54) is 0 Å². The Morgan fingerprint density at radius 3 is 2.21 bits per heavy atom. The summed E-state index contributed by atoms with van der Waals surface area (Å²) in [5.74, 6) is 0.160. The average Bonchev–Trinajstić information content (AvgIpc) is 2.34. The second-order valence-electron chi connectivity index (χ2n) is 5.94. The third kappa shape index (κ3) is 4.44. The van der Waals surface area contributed by atoms with Gasteiger partial charge in [0.2, 0.25) is 0 Å². The zero-order chi connectivity index (χ0) is 14.6. The average molecular weight is 263 g/mol. The van der Waals surface area contributed by atoms with Crippen molar-refractivity contribution in [3.8, 4) is 0 Å². The van der Waals surface area contributed by atoms with Crippen molar-refractivity contribution in [3.63, 3.8) is 0 Å². The minimum atomic E-state index is -0.289. The standard InChI is InChI=1S/C16H25NO2/c1-12-8-13(2)10-14(9-12)15(19)6-7-17(5)16(3,4)11-18/h8-10,18H,6-7,11H2,1-5H3. The number of aryl methyl sites for hydroxylation is 2. The molecule has 1 N–H and O–H groups in total. The molecule has 0 saturated heterocycles. The second-order valence-corrected chi connectivity index (χ2v) is 5.94. The number of Topliss-reactive ketones (excluding diaryl/α,β-unsaturated/α-hetero) is 1. The Hall–Kier alpha value is -1.19. The number of ketones is 1. The Morgan fingerprint density at radius 2 is 1.74 bits per heavy atom. The topological polar surface area (TPSA) is 40.5 Å². The number of aliphatic hydroxyl groups is 1. The van der Waals surface area contributed by atoms with Crippen molar-refractivity contribution in [3.05, 3.63) is 34.9 Å². The molecule has 1 aromatic rings. The van der Waals surface area contributed by atoms with Crippen molar-refractivity contribution >= 4 is 5.78 Å². The summed E-state index contributed by atoms with van der Waals surface area (Å²) in [4.78, 5) is 14.2. The highest BCUT2D eigenvalue weighted by atomic mass is 16.3. The van der Waals surface area contributed by atoms with Crippen molar-refractivity contribution < 1.29 is 9.90 Å². The summed E-state index contributed by atoms with van der Waals surface area (Å²) in [6.45, 7) is 8.68. The molecule has 3 heteroatoms. The number of likely N-dealkylation sites (N-methyl/N-ethyl adjacent to an activating group) is 1. The van der Waals surface area contributed by atoms with Gasteiger partial charge >= 0.3 is 0 Å². The molecular formula is C16H25NO2. The predicted octanol–water partition coefficient (Wildman–Crippen LogP) is 2.58. The van der Waals surface area contributed by atoms with Crippen molar-refractivity contribution in [2.75, 3.05) is 20.2 Å². The minimum Gasteiger partial charge on any atom is -0.394 e. The number of benzene rings is 1. The van der Waals surface area contributed by atoms with Crippen LogP contribution in [-0.2, 0) is 0 Å². The van der Waals surface area contributed by atoms with Crippen molar-refractivity contribution in [2.24, 2.45) is 0 Å². The van der Waals surface area contributed by atoms with Gasteiger partial charge in [-0.1, -0.05) is 17.2 Å². The highest BCUT2D eigenvalue weighted by Gasteiger charge is 2.22. The van der Waals surface area contributed by atoms with Crippen LogP contribution in [-0.4, -0.2) is 41.5 Å². The first-order valence-electron chi connectivity index (χ1n) is 6.70. The van der Waals surface area contributed by atoms with Crippen LogP contribution in [0.2, 0.25) is 0 Å². The van der Waals surface area contributed by atoms with Crippen LogP contribution in [0, 0.1) is 13.8 Å². The van der Waals surface area contributed by atoms with Gasteiger partial charge in [0.15, 0.2) is 5.78 Å². The van der Waals surface area contributed by atoms with Crippen molar-refractivity contribution in [1.29, 1.82) is 0 Å². The number of aliphatic hydroxyl groups excluding tert-OH is 1. The smallest absolute Gasteiger partial charge is 0.164 e. The maximum Gasteiger partial charge on any atom is 0.164 e. The monoisotopic (exact) mass is 263 g/mol. The number of hydrogen-bond donors (Lipinski definition) is 1. The van der Waals surface area contributed by atoms with E-state index in [-0.39, 0.29) is 17.9 Å². The van der Waals surface area contributed by atoms with Gasteiger partial charge in [-0.05, 0) is 46.9 Å². The van der Waals surface area contributed by atoms with Crippen molar-refractivity contribution in [1.82, 2.24) is 4.90 Å². The van der Waals surface area contributed by atoms with Crippen LogP contribution in [0.4, 0.5) is 0 Å². The number of rotatable bonds is 6. The highest BCUT2D eigenvalue weighted by molar-refractivity contribution is 5.96. The van der Waals surface area contributed by atoms with E-state index in [0.29, 0.717) is 13.0 Å². The predicted molar refractivity (Wildman–Crippen MR) is 78.7 cm³/mol. The summed E-state index contributed by atoms with van der Waals surface area (Å²) in [5, 5.41) is 9.29. The van der Waals surface area contributed by atoms with Gasteiger partial charge < -0.3 is 5.11 Å². The van der Waals surface area contributed by atoms with Crippen LogP contribution in [0.1, 0.15) is 41.8 Å². The lowest BCUT2D eigenvalue weighted by atomic mass is 10.0. The molecule has 0 bridgehead atoms. The van der Waals surface area contributed by atoms with Crippen LogP contribution < -0.4 is 0 Å². The quantitative estimate of drug-likeness (QED) is 0.802. The number of nitrogens with zero attached hydrogens (tertiary/aromatic N) is 1. The SMILES string of the molecule is Cc1cc(C)cc(C(=O)CCN(C)C(C)(C)CO)c1. The molecule has 1 rings (SSSR count). The van der Waals surface area contributed by atoms with Gasteiger partial charge in [0.1, 0.15) is 0 Å². The third-order valence-electron chi connectivity index (χ3n) is 3.64. The van der Waals surface area contributed by atoms with Crippen LogP contribution in [0.15, 0.2) is 18.2 Å². The Balaban J connectivity index is 2.66.